The largest absolute Gasteiger partial charge is 0.339 e. The van der Waals surface area contributed by atoms with Crippen LogP contribution in [-0.2, 0) is 10.0 Å². The Morgan fingerprint density at radius 3 is 2.43 bits per heavy atom. The molecular weight excluding hydrogens is 288 g/mol. The normalized spacial score (nSPS) is 15.0. The van der Waals surface area contributed by atoms with Gasteiger partial charge in [0.2, 0.25) is 10.0 Å². The van der Waals surface area contributed by atoms with Crippen molar-refractivity contribution in [1.29, 1.82) is 0 Å². The zero-order chi connectivity index (χ0) is 15.6. The van der Waals surface area contributed by atoms with Crippen LogP contribution in [0.15, 0.2) is 23.1 Å². The second-order valence-corrected chi connectivity index (χ2v) is 7.06. The van der Waals surface area contributed by atoms with Gasteiger partial charge in [0.1, 0.15) is 0 Å². The predicted octanol–water partition coefficient (Wildman–Crippen LogP) is 1.92. The highest BCUT2D eigenvalue weighted by molar-refractivity contribution is 7.89. The summed E-state index contributed by atoms with van der Waals surface area (Å²) in [5.74, 6) is -0.124. The van der Waals surface area contributed by atoms with Gasteiger partial charge in [0.05, 0.1) is 4.90 Å². The number of carbonyl (C=O) groups excluding carboxylic acids is 1. The highest BCUT2D eigenvalue weighted by atomic mass is 32.2. The molecule has 5 nitrogen and oxygen atoms in total. The minimum atomic E-state index is -3.53. The summed E-state index contributed by atoms with van der Waals surface area (Å²) >= 11 is 0. The summed E-state index contributed by atoms with van der Waals surface area (Å²) in [6.07, 6.45) is 1.77. The van der Waals surface area contributed by atoms with E-state index in [1.807, 2.05) is 20.8 Å². The maximum atomic E-state index is 12.5. The summed E-state index contributed by atoms with van der Waals surface area (Å²) in [4.78, 5) is 14.3. The maximum absolute atomic E-state index is 12.5. The Bertz CT molecular complexity index is 632. The van der Waals surface area contributed by atoms with Gasteiger partial charge in [0, 0.05) is 24.7 Å². The number of hydrogen-bond acceptors (Lipinski definition) is 3. The SMILES string of the molecule is CCN(CC)C(=O)c1cc(S(=O)(=O)NC2CC2)ccc1C. The first-order valence-corrected chi connectivity index (χ1v) is 8.79. The summed E-state index contributed by atoms with van der Waals surface area (Å²) in [7, 11) is -3.53. The lowest BCUT2D eigenvalue weighted by Crippen LogP contribution is -2.31. The van der Waals surface area contributed by atoms with E-state index >= 15 is 0 Å². The van der Waals surface area contributed by atoms with Gasteiger partial charge in [0.25, 0.3) is 5.91 Å². The van der Waals surface area contributed by atoms with Crippen LogP contribution in [0.1, 0.15) is 42.6 Å². The van der Waals surface area contributed by atoms with E-state index in [-0.39, 0.29) is 16.8 Å². The van der Waals surface area contributed by atoms with Crippen molar-refractivity contribution < 1.29 is 13.2 Å². The second-order valence-electron chi connectivity index (χ2n) is 5.35. The number of rotatable bonds is 6. The van der Waals surface area contributed by atoms with Crippen molar-refractivity contribution in [3.63, 3.8) is 0 Å². The Labute approximate surface area is 126 Å². The summed E-state index contributed by atoms with van der Waals surface area (Å²) in [6, 6.07) is 4.79. The van der Waals surface area contributed by atoms with Crippen LogP contribution in [0.25, 0.3) is 0 Å². The summed E-state index contributed by atoms with van der Waals surface area (Å²) in [5.41, 5.74) is 1.25. The quantitative estimate of drug-likeness (QED) is 0.873. The first-order chi connectivity index (χ1) is 9.89. The van der Waals surface area contributed by atoms with Gasteiger partial charge < -0.3 is 4.90 Å². The molecule has 116 valence electrons. The van der Waals surface area contributed by atoms with Crippen LogP contribution in [-0.4, -0.2) is 38.4 Å². The fraction of sp³-hybridized carbons (Fsp3) is 0.533. The Morgan fingerprint density at radius 1 is 1.29 bits per heavy atom. The Balaban J connectivity index is 2.34. The lowest BCUT2D eigenvalue weighted by atomic mass is 10.1. The molecule has 1 fully saturated rings. The molecule has 0 saturated heterocycles. The van der Waals surface area contributed by atoms with Crippen LogP contribution in [0.3, 0.4) is 0 Å². The molecule has 1 aromatic rings. The van der Waals surface area contributed by atoms with E-state index < -0.39 is 10.0 Å². The summed E-state index contributed by atoms with van der Waals surface area (Å²) < 4.78 is 27.1. The van der Waals surface area contributed by atoms with E-state index in [0.717, 1.165) is 18.4 Å². The molecule has 2 rings (SSSR count). The number of amides is 1. The van der Waals surface area contributed by atoms with Crippen LogP contribution in [0, 0.1) is 6.92 Å². The Morgan fingerprint density at radius 2 is 1.90 bits per heavy atom. The lowest BCUT2D eigenvalue weighted by molar-refractivity contribution is 0.0772. The Kier molecular flexibility index (Phi) is 4.68. The molecule has 0 bridgehead atoms. The number of aryl methyl sites for hydroxylation is 1. The van der Waals surface area contributed by atoms with Gasteiger partial charge in [-0.2, -0.15) is 0 Å². The van der Waals surface area contributed by atoms with Crippen LogP contribution >= 0.6 is 0 Å². The van der Waals surface area contributed by atoms with Crippen LogP contribution in [0.5, 0.6) is 0 Å². The fourth-order valence-corrected chi connectivity index (χ4v) is 3.50. The minimum absolute atomic E-state index is 0.0539. The molecule has 21 heavy (non-hydrogen) atoms. The molecule has 1 aromatic carbocycles. The number of hydrogen-bond donors (Lipinski definition) is 1. The second kappa shape index (κ2) is 6.15. The predicted molar refractivity (Wildman–Crippen MR) is 81.8 cm³/mol. The van der Waals surface area contributed by atoms with E-state index in [4.69, 9.17) is 0 Å². The van der Waals surface area contributed by atoms with Crippen LogP contribution in [0.2, 0.25) is 0 Å². The topological polar surface area (TPSA) is 66.5 Å². The third kappa shape index (κ3) is 3.63. The zero-order valence-corrected chi connectivity index (χ0v) is 13.5. The highest BCUT2D eigenvalue weighted by Gasteiger charge is 2.28. The van der Waals surface area contributed by atoms with Crippen molar-refractivity contribution in [3.8, 4) is 0 Å². The summed E-state index contributed by atoms with van der Waals surface area (Å²) in [5, 5.41) is 0. The van der Waals surface area contributed by atoms with Crippen molar-refractivity contribution in [1.82, 2.24) is 9.62 Å². The van der Waals surface area contributed by atoms with Gasteiger partial charge >= 0.3 is 0 Å². The van der Waals surface area contributed by atoms with Crippen LogP contribution in [0.4, 0.5) is 0 Å². The number of nitrogens with zero attached hydrogens (tertiary/aromatic N) is 1. The maximum Gasteiger partial charge on any atom is 0.254 e. The lowest BCUT2D eigenvalue weighted by Gasteiger charge is -2.20. The van der Waals surface area contributed by atoms with Gasteiger partial charge in [-0.25, -0.2) is 13.1 Å². The van der Waals surface area contributed by atoms with Gasteiger partial charge in [0.15, 0.2) is 0 Å². The van der Waals surface area contributed by atoms with Crippen molar-refractivity contribution in [3.05, 3.63) is 29.3 Å². The van der Waals surface area contributed by atoms with E-state index in [0.29, 0.717) is 18.7 Å². The molecule has 0 aromatic heterocycles. The average Bonchev–Trinajstić information content (AvgIpc) is 3.23. The molecule has 1 aliphatic rings. The first-order valence-electron chi connectivity index (χ1n) is 7.31. The standard InChI is InChI=1S/C15H22N2O3S/c1-4-17(5-2)15(18)14-10-13(9-6-11(14)3)21(19,20)16-12-7-8-12/h6,9-10,12,16H,4-5,7-8H2,1-3H3. The van der Waals surface area contributed by atoms with Gasteiger partial charge in [-0.15, -0.1) is 0 Å². The molecule has 6 heteroatoms. The van der Waals surface area contributed by atoms with E-state index in [1.165, 1.54) is 6.07 Å². The molecule has 0 unspecified atom stereocenters. The van der Waals surface area contributed by atoms with Gasteiger partial charge in [-0.3, -0.25) is 4.79 Å². The van der Waals surface area contributed by atoms with Crippen molar-refractivity contribution in [2.24, 2.45) is 0 Å². The van der Waals surface area contributed by atoms with Gasteiger partial charge in [-0.1, -0.05) is 6.07 Å². The molecule has 0 radical (unpaired) electrons. The summed E-state index contributed by atoms with van der Waals surface area (Å²) in [6.45, 7) is 6.84. The third-order valence-electron chi connectivity index (χ3n) is 3.70. The number of nitrogens with one attached hydrogen (secondary N) is 1. The molecule has 0 atom stereocenters. The minimum Gasteiger partial charge on any atom is -0.339 e. The van der Waals surface area contributed by atoms with E-state index in [1.54, 1.807) is 17.0 Å². The zero-order valence-electron chi connectivity index (χ0n) is 12.7. The molecule has 1 N–H and O–H groups in total. The van der Waals surface area contributed by atoms with Gasteiger partial charge in [-0.05, 0) is 51.3 Å². The monoisotopic (exact) mass is 310 g/mol. The van der Waals surface area contributed by atoms with Crippen molar-refractivity contribution in [2.75, 3.05) is 13.1 Å². The number of benzene rings is 1. The van der Waals surface area contributed by atoms with Crippen LogP contribution < -0.4 is 4.72 Å². The molecule has 0 spiro atoms. The first kappa shape index (κ1) is 16.0. The Hall–Kier alpha value is -1.40. The molecule has 1 aliphatic carbocycles. The molecule has 1 saturated carbocycles. The molecule has 0 aliphatic heterocycles. The molecule has 1 amide bonds. The smallest absolute Gasteiger partial charge is 0.254 e. The molecule has 0 heterocycles. The third-order valence-corrected chi connectivity index (χ3v) is 5.22. The van der Waals surface area contributed by atoms with Crippen molar-refractivity contribution >= 4 is 15.9 Å². The molecular formula is C15H22N2O3S. The number of carbonyl (C=O) groups is 1. The van der Waals surface area contributed by atoms with E-state index in [2.05, 4.69) is 4.72 Å². The van der Waals surface area contributed by atoms with E-state index in [9.17, 15) is 13.2 Å². The van der Waals surface area contributed by atoms with Crippen molar-refractivity contribution in [2.45, 2.75) is 44.6 Å². The highest BCUT2D eigenvalue weighted by Crippen LogP contribution is 2.23. The fourth-order valence-electron chi connectivity index (χ4n) is 2.17. The number of sulfonamides is 1. The average molecular weight is 310 g/mol.